The Labute approximate surface area is 164 Å². The second kappa shape index (κ2) is 7.85. The van der Waals surface area contributed by atoms with Gasteiger partial charge in [0.05, 0.1) is 0 Å². The number of nitrogens with one attached hydrogen (secondary N) is 2. The monoisotopic (exact) mass is 372 g/mol. The van der Waals surface area contributed by atoms with Gasteiger partial charge in [-0.25, -0.2) is 4.79 Å². The van der Waals surface area contributed by atoms with Gasteiger partial charge in [0.1, 0.15) is 0 Å². The van der Waals surface area contributed by atoms with E-state index in [0.29, 0.717) is 12.0 Å². The molecular formula is C24H24N2O2. The molecule has 2 N–H and O–H groups in total. The minimum atomic E-state index is -0.425. The van der Waals surface area contributed by atoms with Crippen molar-refractivity contribution >= 4 is 5.57 Å². The molecule has 4 heteroatoms. The standard InChI is InChI=1S/C24H24N2O2/c1-16-7-5-6-10-20(16)18-11-13-19(14-12-18)22-21(23(27)26-24(28)25-22)15-17-8-3-2-4-9-17/h2-11,19H,12-15H2,1H3,(H2,25,26,27,28). The summed E-state index contributed by atoms with van der Waals surface area (Å²) < 4.78 is 0. The Morgan fingerprint density at radius 3 is 2.43 bits per heavy atom. The SMILES string of the molecule is Cc1ccccc1C1=CCC(c2[nH]c(=O)[nH]c(=O)c2Cc2ccccc2)CC1. The highest BCUT2D eigenvalue weighted by atomic mass is 16.2. The summed E-state index contributed by atoms with van der Waals surface area (Å²) in [6.07, 6.45) is 5.47. The third-order valence-electron chi connectivity index (χ3n) is 5.61. The van der Waals surface area contributed by atoms with Crippen LogP contribution in [0, 0.1) is 6.92 Å². The van der Waals surface area contributed by atoms with Crippen LogP contribution < -0.4 is 11.2 Å². The summed E-state index contributed by atoms with van der Waals surface area (Å²) >= 11 is 0. The number of aryl methyl sites for hydroxylation is 1. The first-order valence-corrected chi connectivity index (χ1v) is 9.76. The van der Waals surface area contributed by atoms with Crippen molar-refractivity contribution in [3.63, 3.8) is 0 Å². The molecule has 1 atom stereocenters. The van der Waals surface area contributed by atoms with E-state index in [1.807, 2.05) is 30.3 Å². The van der Waals surface area contributed by atoms with Crippen molar-refractivity contribution in [3.05, 3.63) is 109 Å². The van der Waals surface area contributed by atoms with E-state index in [2.05, 4.69) is 47.2 Å². The van der Waals surface area contributed by atoms with Gasteiger partial charge in [0.25, 0.3) is 5.56 Å². The summed E-state index contributed by atoms with van der Waals surface area (Å²) in [5.74, 6) is 0.154. The molecule has 0 aliphatic heterocycles. The average Bonchev–Trinajstić information content (AvgIpc) is 2.71. The zero-order valence-electron chi connectivity index (χ0n) is 16.0. The quantitative estimate of drug-likeness (QED) is 0.716. The Balaban J connectivity index is 1.66. The maximum absolute atomic E-state index is 12.5. The predicted molar refractivity (Wildman–Crippen MR) is 113 cm³/mol. The highest BCUT2D eigenvalue weighted by Crippen LogP contribution is 2.36. The Kier molecular flexibility index (Phi) is 5.11. The van der Waals surface area contributed by atoms with E-state index in [-0.39, 0.29) is 11.5 Å². The van der Waals surface area contributed by atoms with E-state index in [9.17, 15) is 9.59 Å². The van der Waals surface area contributed by atoms with Crippen LogP contribution in [0.1, 0.15) is 53.1 Å². The van der Waals surface area contributed by atoms with Crippen molar-refractivity contribution < 1.29 is 0 Å². The molecular weight excluding hydrogens is 348 g/mol. The first-order chi connectivity index (χ1) is 13.6. The Morgan fingerprint density at radius 2 is 1.71 bits per heavy atom. The lowest BCUT2D eigenvalue weighted by molar-refractivity contribution is 0.596. The summed E-state index contributed by atoms with van der Waals surface area (Å²) in [5.41, 5.74) is 5.74. The van der Waals surface area contributed by atoms with Gasteiger partial charge >= 0.3 is 5.69 Å². The normalized spacial score (nSPS) is 16.6. The molecule has 3 aromatic rings. The maximum atomic E-state index is 12.5. The second-order valence-electron chi connectivity index (χ2n) is 7.48. The van der Waals surface area contributed by atoms with Crippen LogP contribution in [0.5, 0.6) is 0 Å². The largest absolute Gasteiger partial charge is 0.325 e. The molecule has 2 aromatic carbocycles. The first-order valence-electron chi connectivity index (χ1n) is 9.76. The molecule has 0 saturated carbocycles. The third kappa shape index (κ3) is 3.77. The van der Waals surface area contributed by atoms with Crippen LogP contribution in [0.2, 0.25) is 0 Å². The zero-order chi connectivity index (χ0) is 19.5. The number of hydrogen-bond acceptors (Lipinski definition) is 2. The minimum Gasteiger partial charge on any atom is -0.311 e. The molecule has 0 radical (unpaired) electrons. The number of allylic oxidation sites excluding steroid dienone is 2. The fraction of sp³-hybridized carbons (Fsp3) is 0.250. The molecule has 1 aliphatic rings. The number of aromatic amines is 2. The molecule has 0 fully saturated rings. The molecule has 142 valence electrons. The van der Waals surface area contributed by atoms with Crippen LogP contribution in [0.3, 0.4) is 0 Å². The van der Waals surface area contributed by atoms with E-state index < -0.39 is 5.69 Å². The molecule has 0 spiro atoms. The molecule has 1 aromatic heterocycles. The van der Waals surface area contributed by atoms with E-state index in [4.69, 9.17) is 0 Å². The fourth-order valence-corrected chi connectivity index (χ4v) is 4.13. The van der Waals surface area contributed by atoms with Gasteiger partial charge in [0.2, 0.25) is 0 Å². The van der Waals surface area contributed by atoms with Crippen LogP contribution in [0.4, 0.5) is 0 Å². The molecule has 4 rings (SSSR count). The topological polar surface area (TPSA) is 65.7 Å². The smallest absolute Gasteiger partial charge is 0.311 e. The molecule has 1 heterocycles. The van der Waals surface area contributed by atoms with Crippen molar-refractivity contribution in [3.8, 4) is 0 Å². The van der Waals surface area contributed by atoms with E-state index in [1.54, 1.807) is 0 Å². The second-order valence-corrected chi connectivity index (χ2v) is 7.48. The third-order valence-corrected chi connectivity index (χ3v) is 5.61. The Hall–Kier alpha value is -3.14. The van der Waals surface area contributed by atoms with Gasteiger partial charge < -0.3 is 4.98 Å². The van der Waals surface area contributed by atoms with Crippen molar-refractivity contribution in [2.24, 2.45) is 0 Å². The molecule has 4 nitrogen and oxygen atoms in total. The molecule has 28 heavy (non-hydrogen) atoms. The van der Waals surface area contributed by atoms with Gasteiger partial charge in [-0.05, 0) is 48.4 Å². The van der Waals surface area contributed by atoms with Crippen LogP contribution in [0.15, 0.2) is 70.3 Å². The number of H-pyrrole nitrogens is 2. The molecule has 1 aliphatic carbocycles. The number of hydrogen-bond donors (Lipinski definition) is 2. The van der Waals surface area contributed by atoms with Gasteiger partial charge in [-0.15, -0.1) is 0 Å². The number of aromatic nitrogens is 2. The lowest BCUT2D eigenvalue weighted by atomic mass is 9.82. The Bertz CT molecular complexity index is 1120. The summed E-state index contributed by atoms with van der Waals surface area (Å²) in [6, 6.07) is 18.3. The number of benzene rings is 2. The van der Waals surface area contributed by atoms with Crippen molar-refractivity contribution in [1.29, 1.82) is 0 Å². The van der Waals surface area contributed by atoms with Crippen LogP contribution in [-0.2, 0) is 6.42 Å². The molecule has 0 bridgehead atoms. The van der Waals surface area contributed by atoms with Gasteiger partial charge in [-0.3, -0.25) is 9.78 Å². The fourth-order valence-electron chi connectivity index (χ4n) is 4.13. The lowest BCUT2D eigenvalue weighted by Crippen LogP contribution is -2.30. The van der Waals surface area contributed by atoms with E-state index in [1.165, 1.54) is 16.7 Å². The average molecular weight is 372 g/mol. The lowest BCUT2D eigenvalue weighted by Gasteiger charge is -2.24. The summed E-state index contributed by atoms with van der Waals surface area (Å²) in [7, 11) is 0. The van der Waals surface area contributed by atoms with Gasteiger partial charge in [-0.1, -0.05) is 60.7 Å². The maximum Gasteiger partial charge on any atom is 0.325 e. The summed E-state index contributed by atoms with van der Waals surface area (Å²) in [5, 5.41) is 0. The van der Waals surface area contributed by atoms with Crippen molar-refractivity contribution in [2.45, 2.75) is 38.5 Å². The van der Waals surface area contributed by atoms with Crippen LogP contribution in [0.25, 0.3) is 5.57 Å². The van der Waals surface area contributed by atoms with E-state index in [0.717, 1.165) is 30.5 Å². The molecule has 0 saturated heterocycles. The summed E-state index contributed by atoms with van der Waals surface area (Å²) in [4.78, 5) is 29.8. The van der Waals surface area contributed by atoms with Gasteiger partial charge in [0, 0.05) is 23.6 Å². The first kappa shape index (κ1) is 18.2. The van der Waals surface area contributed by atoms with Crippen LogP contribution >= 0.6 is 0 Å². The predicted octanol–water partition coefficient (Wildman–Crippen LogP) is 4.31. The highest BCUT2D eigenvalue weighted by molar-refractivity contribution is 5.69. The van der Waals surface area contributed by atoms with Gasteiger partial charge in [0.15, 0.2) is 0 Å². The molecule has 1 unspecified atom stereocenters. The minimum absolute atomic E-state index is 0.154. The Morgan fingerprint density at radius 1 is 0.964 bits per heavy atom. The van der Waals surface area contributed by atoms with Crippen LogP contribution in [-0.4, -0.2) is 9.97 Å². The van der Waals surface area contributed by atoms with Gasteiger partial charge in [-0.2, -0.15) is 0 Å². The number of rotatable bonds is 4. The van der Waals surface area contributed by atoms with Crippen molar-refractivity contribution in [2.75, 3.05) is 0 Å². The van der Waals surface area contributed by atoms with E-state index >= 15 is 0 Å². The zero-order valence-corrected chi connectivity index (χ0v) is 16.0. The summed E-state index contributed by atoms with van der Waals surface area (Å²) in [6.45, 7) is 2.13. The highest BCUT2D eigenvalue weighted by Gasteiger charge is 2.23. The molecule has 0 amide bonds. The van der Waals surface area contributed by atoms with Crippen molar-refractivity contribution in [1.82, 2.24) is 9.97 Å².